The van der Waals surface area contributed by atoms with Crippen molar-refractivity contribution in [3.63, 3.8) is 0 Å². The zero-order valence-electron chi connectivity index (χ0n) is 12.1. The van der Waals surface area contributed by atoms with Crippen molar-refractivity contribution >= 4 is 29.0 Å². The van der Waals surface area contributed by atoms with Crippen molar-refractivity contribution in [2.24, 2.45) is 0 Å². The fourth-order valence-electron chi connectivity index (χ4n) is 1.83. The van der Waals surface area contributed by atoms with Crippen LogP contribution in [0.3, 0.4) is 0 Å². The number of nitro benzene ring substituents is 1. The molecular formula is C14H17ClN2O4. The summed E-state index contributed by atoms with van der Waals surface area (Å²) in [5, 5.41) is 13.4. The maximum atomic E-state index is 12.2. The first-order valence-electron chi connectivity index (χ1n) is 6.42. The topological polar surface area (TPSA) is 89.3 Å². The van der Waals surface area contributed by atoms with Gasteiger partial charge in [0.1, 0.15) is 0 Å². The Balaban J connectivity index is 3.02. The van der Waals surface area contributed by atoms with E-state index in [4.69, 9.17) is 11.6 Å². The number of Topliss-reactive ketones (excluding diaryl/α,β-unsaturated/α-hetero) is 1. The highest BCUT2D eigenvalue weighted by Crippen LogP contribution is 2.20. The monoisotopic (exact) mass is 312 g/mol. The third-order valence-electron chi connectivity index (χ3n) is 3.49. The van der Waals surface area contributed by atoms with Gasteiger partial charge in [-0.3, -0.25) is 19.7 Å². The van der Waals surface area contributed by atoms with Gasteiger partial charge in [0.05, 0.1) is 16.3 Å². The summed E-state index contributed by atoms with van der Waals surface area (Å²) in [5.74, 6) is -0.932. The quantitative estimate of drug-likeness (QED) is 0.496. The van der Waals surface area contributed by atoms with Gasteiger partial charge in [0.25, 0.3) is 11.6 Å². The van der Waals surface area contributed by atoms with Crippen LogP contribution in [0.2, 0.25) is 0 Å². The molecule has 1 N–H and O–H groups in total. The molecule has 0 aliphatic carbocycles. The molecule has 0 fully saturated rings. The summed E-state index contributed by atoms with van der Waals surface area (Å²) in [5.41, 5.74) is -0.453. The number of nitro groups is 1. The van der Waals surface area contributed by atoms with Gasteiger partial charge in [-0.25, -0.2) is 0 Å². The van der Waals surface area contributed by atoms with Crippen molar-refractivity contribution in [3.8, 4) is 0 Å². The Morgan fingerprint density at radius 1 is 1.43 bits per heavy atom. The Morgan fingerprint density at radius 2 is 2.05 bits per heavy atom. The molecule has 1 rings (SSSR count). The van der Waals surface area contributed by atoms with Crippen LogP contribution in [0.5, 0.6) is 0 Å². The molecule has 0 bridgehead atoms. The first-order valence-corrected chi connectivity index (χ1v) is 6.95. The second kappa shape index (κ2) is 6.67. The van der Waals surface area contributed by atoms with Crippen molar-refractivity contribution in [1.29, 1.82) is 0 Å². The fourth-order valence-corrected chi connectivity index (χ4v) is 2.12. The van der Waals surface area contributed by atoms with E-state index < -0.39 is 16.4 Å². The number of aryl methyl sites for hydroxylation is 1. The Hall–Kier alpha value is -1.95. The Morgan fingerprint density at radius 3 is 2.48 bits per heavy atom. The highest BCUT2D eigenvalue weighted by Gasteiger charge is 2.32. The van der Waals surface area contributed by atoms with E-state index in [2.05, 4.69) is 5.32 Å². The van der Waals surface area contributed by atoms with E-state index in [1.165, 1.54) is 18.2 Å². The molecule has 0 spiro atoms. The van der Waals surface area contributed by atoms with Crippen LogP contribution < -0.4 is 5.32 Å². The molecule has 114 valence electrons. The number of nitrogens with one attached hydrogen (secondary N) is 1. The van der Waals surface area contributed by atoms with Crippen molar-refractivity contribution in [2.45, 2.75) is 32.7 Å². The van der Waals surface area contributed by atoms with Crippen molar-refractivity contribution in [3.05, 3.63) is 39.4 Å². The van der Waals surface area contributed by atoms with E-state index >= 15 is 0 Å². The standard InChI is InChI=1S/C14H17ClN2O4/c1-4-14(3,12(18)8-15)16-13(19)10-5-6-11(17(20)21)9(2)7-10/h5-7H,4,8H2,1-3H3,(H,16,19). The van der Waals surface area contributed by atoms with Crippen LogP contribution in [-0.2, 0) is 4.79 Å². The summed E-state index contributed by atoms with van der Waals surface area (Å²) in [6.07, 6.45) is 0.399. The van der Waals surface area contributed by atoms with E-state index in [9.17, 15) is 19.7 Å². The number of rotatable bonds is 6. The van der Waals surface area contributed by atoms with E-state index in [1.807, 2.05) is 0 Å². The second-order valence-corrected chi connectivity index (χ2v) is 5.22. The molecule has 0 aliphatic rings. The molecule has 0 saturated carbocycles. The van der Waals surface area contributed by atoms with Crippen LogP contribution >= 0.6 is 11.6 Å². The maximum Gasteiger partial charge on any atom is 0.272 e. The van der Waals surface area contributed by atoms with E-state index in [0.717, 1.165) is 0 Å². The summed E-state index contributed by atoms with van der Waals surface area (Å²) >= 11 is 5.55. The predicted molar refractivity (Wildman–Crippen MR) is 79.7 cm³/mol. The van der Waals surface area contributed by atoms with Crippen LogP contribution in [0.25, 0.3) is 0 Å². The molecule has 1 amide bonds. The maximum absolute atomic E-state index is 12.2. The summed E-state index contributed by atoms with van der Waals surface area (Å²) in [6.45, 7) is 4.93. The lowest BCUT2D eigenvalue weighted by atomic mass is 9.93. The SMILES string of the molecule is CCC(C)(NC(=O)c1ccc([N+](=O)[O-])c(C)c1)C(=O)CCl. The van der Waals surface area contributed by atoms with Gasteiger partial charge in [0.2, 0.25) is 0 Å². The highest BCUT2D eigenvalue weighted by molar-refractivity contribution is 6.29. The summed E-state index contributed by atoms with van der Waals surface area (Å²) < 4.78 is 0. The number of halogens is 1. The normalized spacial score (nSPS) is 13.3. The number of alkyl halides is 1. The summed E-state index contributed by atoms with van der Waals surface area (Å²) in [7, 11) is 0. The number of carbonyl (C=O) groups is 2. The van der Waals surface area contributed by atoms with Gasteiger partial charge in [-0.1, -0.05) is 6.92 Å². The van der Waals surface area contributed by atoms with Crippen LogP contribution in [0.15, 0.2) is 18.2 Å². The molecule has 0 aliphatic heterocycles. The molecule has 7 heteroatoms. The third kappa shape index (κ3) is 3.78. The molecule has 0 saturated heterocycles. The van der Waals surface area contributed by atoms with Gasteiger partial charge >= 0.3 is 0 Å². The lowest BCUT2D eigenvalue weighted by Crippen LogP contribution is -2.52. The van der Waals surface area contributed by atoms with Crippen LogP contribution in [-0.4, -0.2) is 28.0 Å². The average molecular weight is 313 g/mol. The fraction of sp³-hybridized carbons (Fsp3) is 0.429. The average Bonchev–Trinajstić information content (AvgIpc) is 2.45. The Labute approximate surface area is 127 Å². The van der Waals surface area contributed by atoms with Crippen molar-refractivity contribution in [1.82, 2.24) is 5.32 Å². The number of carbonyl (C=O) groups excluding carboxylic acids is 2. The van der Waals surface area contributed by atoms with Crippen molar-refractivity contribution < 1.29 is 14.5 Å². The number of nitrogens with zero attached hydrogens (tertiary/aromatic N) is 1. The molecule has 0 aromatic heterocycles. The molecule has 1 aromatic rings. The number of amides is 1. The van der Waals surface area contributed by atoms with Gasteiger partial charge in [0.15, 0.2) is 5.78 Å². The van der Waals surface area contributed by atoms with Crippen LogP contribution in [0.1, 0.15) is 36.2 Å². The number of hydrogen-bond donors (Lipinski definition) is 1. The molecule has 0 radical (unpaired) electrons. The minimum Gasteiger partial charge on any atom is -0.340 e. The van der Waals surface area contributed by atoms with Crippen molar-refractivity contribution in [2.75, 3.05) is 5.88 Å². The molecule has 21 heavy (non-hydrogen) atoms. The van der Waals surface area contributed by atoms with Gasteiger partial charge in [-0.15, -0.1) is 11.6 Å². The van der Waals surface area contributed by atoms with E-state index in [-0.39, 0.29) is 22.9 Å². The number of hydrogen-bond acceptors (Lipinski definition) is 4. The lowest BCUT2D eigenvalue weighted by Gasteiger charge is -2.27. The molecular weight excluding hydrogens is 296 g/mol. The summed E-state index contributed by atoms with van der Waals surface area (Å²) in [4.78, 5) is 34.2. The minimum absolute atomic E-state index is 0.0540. The van der Waals surface area contributed by atoms with Gasteiger partial charge in [-0.05, 0) is 32.4 Å². The van der Waals surface area contributed by atoms with Gasteiger partial charge in [0, 0.05) is 17.2 Å². The van der Waals surface area contributed by atoms with E-state index in [1.54, 1.807) is 20.8 Å². The third-order valence-corrected chi connectivity index (χ3v) is 3.73. The van der Waals surface area contributed by atoms with Gasteiger partial charge < -0.3 is 5.32 Å². The highest BCUT2D eigenvalue weighted by atomic mass is 35.5. The first kappa shape index (κ1) is 17.1. The summed E-state index contributed by atoms with van der Waals surface area (Å²) in [6, 6.07) is 4.06. The largest absolute Gasteiger partial charge is 0.340 e. The minimum atomic E-state index is -1.05. The number of benzene rings is 1. The zero-order valence-corrected chi connectivity index (χ0v) is 12.9. The zero-order chi connectivity index (χ0) is 16.2. The van der Waals surface area contributed by atoms with E-state index in [0.29, 0.717) is 12.0 Å². The van der Waals surface area contributed by atoms with Crippen LogP contribution in [0, 0.1) is 17.0 Å². The molecule has 1 unspecified atom stereocenters. The molecule has 6 nitrogen and oxygen atoms in total. The Bertz CT molecular complexity index is 588. The lowest BCUT2D eigenvalue weighted by molar-refractivity contribution is -0.385. The smallest absolute Gasteiger partial charge is 0.272 e. The predicted octanol–water partition coefficient (Wildman–Crippen LogP) is 2.61. The number of ketones is 1. The molecule has 1 aromatic carbocycles. The molecule has 1 atom stereocenters. The van der Waals surface area contributed by atoms with Crippen LogP contribution in [0.4, 0.5) is 5.69 Å². The first-order chi connectivity index (χ1) is 9.75. The Kier molecular flexibility index (Phi) is 5.43. The van der Waals surface area contributed by atoms with Gasteiger partial charge in [-0.2, -0.15) is 0 Å². The second-order valence-electron chi connectivity index (χ2n) is 4.95. The molecule has 0 heterocycles.